The van der Waals surface area contributed by atoms with Gasteiger partial charge in [-0.3, -0.25) is 4.57 Å². The topological polar surface area (TPSA) is 30.7 Å². The van der Waals surface area contributed by atoms with E-state index in [1.54, 1.807) is 11.8 Å². The number of para-hydroxylation sites is 1. The Balaban J connectivity index is 2.14. The molecule has 0 fully saturated rings. The van der Waals surface area contributed by atoms with Crippen LogP contribution in [0.4, 0.5) is 0 Å². The maximum Gasteiger partial charge on any atom is 0.196 e. The highest BCUT2D eigenvalue weighted by Gasteiger charge is 2.15. The fraction of sp³-hybridized carbons (Fsp3) is 0.111. The minimum atomic E-state index is 0.804. The van der Waals surface area contributed by atoms with Crippen molar-refractivity contribution in [3.8, 4) is 17.1 Å². The van der Waals surface area contributed by atoms with Crippen molar-refractivity contribution in [2.45, 2.75) is 12.1 Å². The molecule has 1 aromatic heterocycles. The van der Waals surface area contributed by atoms with Crippen LogP contribution >= 0.6 is 11.8 Å². The fourth-order valence-corrected chi connectivity index (χ4v) is 2.96. The summed E-state index contributed by atoms with van der Waals surface area (Å²) < 4.78 is 2.10. The van der Waals surface area contributed by atoms with Crippen molar-refractivity contribution in [1.29, 1.82) is 0 Å². The smallest absolute Gasteiger partial charge is 0.196 e. The van der Waals surface area contributed by atoms with Gasteiger partial charge < -0.3 is 0 Å². The van der Waals surface area contributed by atoms with Crippen LogP contribution in [-0.4, -0.2) is 20.5 Å². The van der Waals surface area contributed by atoms with Crippen molar-refractivity contribution < 1.29 is 0 Å². The highest BCUT2D eigenvalue weighted by molar-refractivity contribution is 7.99. The van der Waals surface area contributed by atoms with Crippen molar-refractivity contribution >= 4 is 11.8 Å². The first-order valence-corrected chi connectivity index (χ1v) is 8.09. The van der Waals surface area contributed by atoms with E-state index in [4.69, 9.17) is 0 Å². The maximum absolute atomic E-state index is 4.41. The highest BCUT2D eigenvalue weighted by atomic mass is 32.2. The third-order valence-corrected chi connectivity index (χ3v) is 4.18. The summed E-state index contributed by atoms with van der Waals surface area (Å²) in [7, 11) is 0. The third kappa shape index (κ3) is 2.97. The lowest BCUT2D eigenvalue weighted by Crippen LogP contribution is -1.99. The highest BCUT2D eigenvalue weighted by Crippen LogP contribution is 2.28. The van der Waals surface area contributed by atoms with E-state index in [1.807, 2.05) is 30.3 Å². The molecule has 0 radical (unpaired) electrons. The molecular formula is C18H17N3S. The SMILES string of the molecule is C=CCSc1nnc(-c2cccc(C)c2)n1-c1ccccc1. The molecule has 3 nitrogen and oxygen atoms in total. The molecule has 0 aliphatic carbocycles. The van der Waals surface area contributed by atoms with Gasteiger partial charge in [-0.1, -0.05) is 59.8 Å². The van der Waals surface area contributed by atoms with E-state index in [1.165, 1.54) is 5.56 Å². The number of rotatable bonds is 5. The molecule has 1 heterocycles. The molecule has 0 aliphatic rings. The van der Waals surface area contributed by atoms with Crippen LogP contribution in [0.5, 0.6) is 0 Å². The number of thioether (sulfide) groups is 1. The van der Waals surface area contributed by atoms with Gasteiger partial charge in [0.05, 0.1) is 0 Å². The molecule has 110 valence electrons. The van der Waals surface area contributed by atoms with E-state index in [9.17, 15) is 0 Å². The first-order valence-electron chi connectivity index (χ1n) is 7.11. The van der Waals surface area contributed by atoms with Crippen LogP contribution < -0.4 is 0 Å². The van der Waals surface area contributed by atoms with Crippen LogP contribution in [0.15, 0.2) is 72.4 Å². The van der Waals surface area contributed by atoms with Crippen LogP contribution in [-0.2, 0) is 0 Å². The van der Waals surface area contributed by atoms with E-state index in [0.29, 0.717) is 0 Å². The minimum Gasteiger partial charge on any atom is -0.270 e. The lowest BCUT2D eigenvalue weighted by molar-refractivity contribution is 0.888. The molecule has 22 heavy (non-hydrogen) atoms. The van der Waals surface area contributed by atoms with E-state index in [2.05, 4.69) is 58.6 Å². The van der Waals surface area contributed by atoms with Crippen LogP contribution in [0.2, 0.25) is 0 Å². The lowest BCUT2D eigenvalue weighted by atomic mass is 10.1. The predicted molar refractivity (Wildman–Crippen MR) is 92.5 cm³/mol. The van der Waals surface area contributed by atoms with Crippen molar-refractivity contribution in [2.75, 3.05) is 5.75 Å². The Kier molecular flexibility index (Phi) is 4.39. The zero-order valence-electron chi connectivity index (χ0n) is 12.4. The van der Waals surface area contributed by atoms with Crippen molar-refractivity contribution in [3.05, 3.63) is 72.8 Å². The van der Waals surface area contributed by atoms with Gasteiger partial charge in [0.1, 0.15) is 0 Å². The first-order chi connectivity index (χ1) is 10.8. The van der Waals surface area contributed by atoms with Crippen LogP contribution in [0.1, 0.15) is 5.56 Å². The molecule has 0 saturated heterocycles. The lowest BCUT2D eigenvalue weighted by Gasteiger charge is -2.10. The number of aromatic nitrogens is 3. The standard InChI is InChI=1S/C18H17N3S/c1-3-12-22-18-20-19-17(15-9-7-8-14(2)13-15)21(18)16-10-5-4-6-11-16/h3-11,13H,1,12H2,2H3. The fourth-order valence-electron chi connectivity index (χ4n) is 2.28. The Bertz CT molecular complexity index is 778. The molecule has 0 aliphatic heterocycles. The average molecular weight is 307 g/mol. The Labute approximate surface area is 134 Å². The van der Waals surface area contributed by atoms with Gasteiger partial charge in [0.15, 0.2) is 11.0 Å². The Hall–Kier alpha value is -2.33. The number of nitrogens with zero attached hydrogens (tertiary/aromatic N) is 3. The summed E-state index contributed by atoms with van der Waals surface area (Å²) in [4.78, 5) is 0. The molecular weight excluding hydrogens is 290 g/mol. The first kappa shape index (κ1) is 14.6. The van der Waals surface area contributed by atoms with Gasteiger partial charge in [-0.15, -0.1) is 16.8 Å². The number of aryl methyl sites for hydroxylation is 1. The Morgan fingerprint density at radius 1 is 1.09 bits per heavy atom. The number of hydrogen-bond donors (Lipinski definition) is 0. The summed E-state index contributed by atoms with van der Waals surface area (Å²) in [6.45, 7) is 5.86. The van der Waals surface area contributed by atoms with Gasteiger partial charge in [-0.05, 0) is 25.1 Å². The van der Waals surface area contributed by atoms with E-state index in [0.717, 1.165) is 28.0 Å². The van der Waals surface area contributed by atoms with Crippen LogP contribution in [0.3, 0.4) is 0 Å². The van der Waals surface area contributed by atoms with Gasteiger partial charge >= 0.3 is 0 Å². The molecule has 0 amide bonds. The number of benzene rings is 2. The second kappa shape index (κ2) is 6.62. The second-order valence-electron chi connectivity index (χ2n) is 4.95. The van der Waals surface area contributed by atoms with Crippen molar-refractivity contribution in [3.63, 3.8) is 0 Å². The van der Waals surface area contributed by atoms with E-state index in [-0.39, 0.29) is 0 Å². The molecule has 4 heteroatoms. The molecule has 3 rings (SSSR count). The summed E-state index contributed by atoms with van der Waals surface area (Å²) in [5.74, 6) is 1.67. The molecule has 2 aromatic carbocycles. The summed E-state index contributed by atoms with van der Waals surface area (Å²) in [6, 6.07) is 18.5. The van der Waals surface area contributed by atoms with Gasteiger partial charge in [0.25, 0.3) is 0 Å². The molecule has 3 aromatic rings. The largest absolute Gasteiger partial charge is 0.270 e. The minimum absolute atomic E-state index is 0.804. The maximum atomic E-state index is 4.41. The summed E-state index contributed by atoms with van der Waals surface area (Å²) in [5, 5.41) is 9.66. The zero-order valence-corrected chi connectivity index (χ0v) is 13.3. The van der Waals surface area contributed by atoms with Gasteiger partial charge in [0, 0.05) is 17.0 Å². The Morgan fingerprint density at radius 2 is 1.91 bits per heavy atom. The molecule has 0 saturated carbocycles. The summed E-state index contributed by atoms with van der Waals surface area (Å²) in [5.41, 5.74) is 3.35. The average Bonchev–Trinajstić information content (AvgIpc) is 2.97. The molecule has 0 atom stereocenters. The molecule has 0 N–H and O–H groups in total. The normalized spacial score (nSPS) is 10.6. The summed E-state index contributed by atoms with van der Waals surface area (Å²) in [6.07, 6.45) is 1.88. The molecule has 0 spiro atoms. The molecule has 0 bridgehead atoms. The van der Waals surface area contributed by atoms with Crippen molar-refractivity contribution in [1.82, 2.24) is 14.8 Å². The van der Waals surface area contributed by atoms with Gasteiger partial charge in [0.2, 0.25) is 0 Å². The Morgan fingerprint density at radius 3 is 2.64 bits per heavy atom. The molecule has 0 unspecified atom stereocenters. The van der Waals surface area contributed by atoms with Crippen molar-refractivity contribution in [2.24, 2.45) is 0 Å². The number of hydrogen-bond acceptors (Lipinski definition) is 3. The zero-order chi connectivity index (χ0) is 15.4. The van der Waals surface area contributed by atoms with Gasteiger partial charge in [-0.2, -0.15) is 0 Å². The van der Waals surface area contributed by atoms with Gasteiger partial charge in [-0.25, -0.2) is 0 Å². The monoisotopic (exact) mass is 307 g/mol. The predicted octanol–water partition coefficient (Wildman–Crippen LogP) is 4.52. The van der Waals surface area contributed by atoms with Crippen LogP contribution in [0.25, 0.3) is 17.1 Å². The third-order valence-electron chi connectivity index (χ3n) is 3.25. The van der Waals surface area contributed by atoms with E-state index >= 15 is 0 Å². The van der Waals surface area contributed by atoms with E-state index < -0.39 is 0 Å². The summed E-state index contributed by atoms with van der Waals surface area (Å²) >= 11 is 1.63. The second-order valence-corrected chi connectivity index (χ2v) is 5.93. The quantitative estimate of drug-likeness (QED) is 0.513. The van der Waals surface area contributed by atoms with Crippen LogP contribution in [0, 0.1) is 6.92 Å².